The fourth-order valence-corrected chi connectivity index (χ4v) is 2.26. The third-order valence-corrected chi connectivity index (χ3v) is 3.65. The molecule has 0 amide bonds. The van der Waals surface area contributed by atoms with Crippen LogP contribution < -0.4 is 4.90 Å². The smallest absolute Gasteiger partial charge is 0.134 e. The van der Waals surface area contributed by atoms with Crippen molar-refractivity contribution in [2.75, 3.05) is 31.6 Å². The van der Waals surface area contributed by atoms with Crippen LogP contribution in [0.4, 0.5) is 5.82 Å². The van der Waals surface area contributed by atoms with Crippen LogP contribution in [0.5, 0.6) is 0 Å². The van der Waals surface area contributed by atoms with E-state index >= 15 is 0 Å². The molecule has 1 aliphatic heterocycles. The van der Waals surface area contributed by atoms with Crippen molar-refractivity contribution in [3.8, 4) is 0 Å². The number of nitrogens with zero attached hydrogens (tertiary/aromatic N) is 3. The zero-order valence-electron chi connectivity index (χ0n) is 10.8. The summed E-state index contributed by atoms with van der Waals surface area (Å²) in [6.45, 7) is 7.45. The number of aromatic nitrogens is 1. The highest BCUT2D eigenvalue weighted by Crippen LogP contribution is 2.25. The minimum absolute atomic E-state index is 0.0515. The molecule has 1 saturated heterocycles. The lowest BCUT2D eigenvalue weighted by atomic mass is 9.99. The zero-order valence-corrected chi connectivity index (χ0v) is 10.8. The van der Waals surface area contributed by atoms with Gasteiger partial charge in [0.25, 0.3) is 0 Å². The highest BCUT2D eigenvalue weighted by Gasteiger charge is 2.32. The average molecular weight is 235 g/mol. The molecule has 0 atom stereocenters. The highest BCUT2D eigenvalue weighted by atomic mass is 16.3. The lowest BCUT2D eigenvalue weighted by Crippen LogP contribution is -2.58. The van der Waals surface area contributed by atoms with Crippen molar-refractivity contribution in [2.45, 2.75) is 26.0 Å². The van der Waals surface area contributed by atoms with Crippen molar-refractivity contribution >= 4 is 5.82 Å². The monoisotopic (exact) mass is 235 g/mol. The maximum absolute atomic E-state index is 9.35. The molecule has 1 aromatic rings. The van der Waals surface area contributed by atoms with Crippen LogP contribution in [0.25, 0.3) is 0 Å². The van der Waals surface area contributed by atoms with Crippen molar-refractivity contribution in [2.24, 2.45) is 0 Å². The van der Waals surface area contributed by atoms with E-state index in [1.54, 1.807) is 6.20 Å². The number of anilines is 1. The van der Waals surface area contributed by atoms with E-state index in [1.165, 1.54) is 0 Å². The molecule has 0 saturated carbocycles. The van der Waals surface area contributed by atoms with Gasteiger partial charge in [-0.2, -0.15) is 0 Å². The second-order valence-electron chi connectivity index (χ2n) is 5.30. The first kappa shape index (κ1) is 12.3. The average Bonchev–Trinajstić information content (AvgIpc) is 2.32. The molecule has 0 aliphatic carbocycles. The topological polar surface area (TPSA) is 39.6 Å². The van der Waals surface area contributed by atoms with Crippen LogP contribution in [0.15, 0.2) is 18.3 Å². The largest absolute Gasteiger partial charge is 0.392 e. The fourth-order valence-electron chi connectivity index (χ4n) is 2.26. The first-order chi connectivity index (χ1) is 8.04. The fraction of sp³-hybridized carbons (Fsp3) is 0.615. The minimum atomic E-state index is 0.0515. The molecular weight excluding hydrogens is 214 g/mol. The van der Waals surface area contributed by atoms with Crippen LogP contribution >= 0.6 is 0 Å². The Morgan fingerprint density at radius 3 is 2.82 bits per heavy atom. The molecule has 0 aromatic carbocycles. The van der Waals surface area contributed by atoms with E-state index in [0.717, 1.165) is 31.0 Å². The molecule has 4 nitrogen and oxygen atoms in total. The Balaban J connectivity index is 2.23. The molecule has 1 aromatic heterocycles. The van der Waals surface area contributed by atoms with E-state index in [-0.39, 0.29) is 12.1 Å². The van der Waals surface area contributed by atoms with Gasteiger partial charge < -0.3 is 10.0 Å². The second kappa shape index (κ2) is 4.63. The van der Waals surface area contributed by atoms with Crippen LogP contribution in [0.2, 0.25) is 0 Å². The summed E-state index contributed by atoms with van der Waals surface area (Å²) in [5, 5.41) is 9.35. The molecule has 1 fully saturated rings. The molecule has 0 bridgehead atoms. The number of likely N-dealkylation sites (N-methyl/N-ethyl adjacent to an activating group) is 1. The summed E-state index contributed by atoms with van der Waals surface area (Å²) in [7, 11) is 2.16. The summed E-state index contributed by atoms with van der Waals surface area (Å²) >= 11 is 0. The summed E-state index contributed by atoms with van der Waals surface area (Å²) in [6, 6.07) is 3.81. The molecule has 17 heavy (non-hydrogen) atoms. The van der Waals surface area contributed by atoms with E-state index in [4.69, 9.17) is 0 Å². The summed E-state index contributed by atoms with van der Waals surface area (Å²) < 4.78 is 0. The van der Waals surface area contributed by atoms with Gasteiger partial charge in [-0.15, -0.1) is 0 Å². The first-order valence-corrected chi connectivity index (χ1v) is 6.05. The van der Waals surface area contributed by atoms with Crippen molar-refractivity contribution in [3.63, 3.8) is 0 Å². The quantitative estimate of drug-likeness (QED) is 0.833. The summed E-state index contributed by atoms with van der Waals surface area (Å²) in [4.78, 5) is 9.05. The number of rotatable bonds is 2. The van der Waals surface area contributed by atoms with Gasteiger partial charge in [0.05, 0.1) is 6.61 Å². The maximum atomic E-state index is 9.35. The lowest BCUT2D eigenvalue weighted by Gasteiger charge is -2.46. The molecule has 0 spiro atoms. The predicted octanol–water partition coefficient (Wildman–Crippen LogP) is 1.10. The van der Waals surface area contributed by atoms with Gasteiger partial charge in [0.2, 0.25) is 0 Å². The van der Waals surface area contributed by atoms with Crippen LogP contribution in [0.1, 0.15) is 19.4 Å². The van der Waals surface area contributed by atoms with Gasteiger partial charge in [0.1, 0.15) is 5.82 Å². The predicted molar refractivity (Wildman–Crippen MR) is 69.1 cm³/mol. The second-order valence-corrected chi connectivity index (χ2v) is 5.30. The molecule has 2 rings (SSSR count). The SMILES string of the molecule is CN1CCN(c2ncccc2CO)CC1(C)C. The van der Waals surface area contributed by atoms with Gasteiger partial charge in [-0.1, -0.05) is 6.07 Å². The van der Waals surface area contributed by atoms with E-state index in [9.17, 15) is 5.11 Å². The highest BCUT2D eigenvalue weighted by molar-refractivity contribution is 5.47. The van der Waals surface area contributed by atoms with Crippen molar-refractivity contribution in [1.82, 2.24) is 9.88 Å². The van der Waals surface area contributed by atoms with Crippen LogP contribution in [0.3, 0.4) is 0 Å². The normalized spacial score (nSPS) is 20.6. The Morgan fingerprint density at radius 2 is 2.18 bits per heavy atom. The number of aliphatic hydroxyl groups is 1. The van der Waals surface area contributed by atoms with Crippen LogP contribution in [0, 0.1) is 0 Å². The number of hydrogen-bond donors (Lipinski definition) is 1. The van der Waals surface area contributed by atoms with Crippen LogP contribution in [-0.2, 0) is 6.61 Å². The van der Waals surface area contributed by atoms with Gasteiger partial charge >= 0.3 is 0 Å². The molecule has 1 N–H and O–H groups in total. The van der Waals surface area contributed by atoms with E-state index < -0.39 is 0 Å². The summed E-state index contributed by atoms with van der Waals surface area (Å²) in [6.07, 6.45) is 1.79. The maximum Gasteiger partial charge on any atom is 0.134 e. The van der Waals surface area contributed by atoms with E-state index in [2.05, 4.69) is 35.7 Å². The lowest BCUT2D eigenvalue weighted by molar-refractivity contribution is 0.138. The molecule has 1 aliphatic rings. The van der Waals surface area contributed by atoms with E-state index in [0.29, 0.717) is 0 Å². The van der Waals surface area contributed by atoms with Gasteiger partial charge in [-0.3, -0.25) is 4.90 Å². The molecule has 4 heteroatoms. The standard InChI is InChI=1S/C13H21N3O/c1-13(2)10-16(8-7-15(13)3)12-11(9-17)5-4-6-14-12/h4-6,17H,7-10H2,1-3H3. The number of piperazine rings is 1. The molecular formula is C13H21N3O. The Bertz CT molecular complexity index is 392. The minimum Gasteiger partial charge on any atom is -0.392 e. The van der Waals surface area contributed by atoms with Gasteiger partial charge in [-0.05, 0) is 27.0 Å². The molecule has 0 unspecified atom stereocenters. The zero-order chi connectivity index (χ0) is 12.5. The molecule has 2 heterocycles. The van der Waals surface area contributed by atoms with E-state index in [1.807, 2.05) is 12.1 Å². The van der Waals surface area contributed by atoms with Crippen LogP contribution in [-0.4, -0.2) is 47.2 Å². The number of aliphatic hydroxyl groups excluding tert-OH is 1. The Kier molecular flexibility index (Phi) is 3.35. The summed E-state index contributed by atoms with van der Waals surface area (Å²) in [5.41, 5.74) is 1.05. The third-order valence-electron chi connectivity index (χ3n) is 3.65. The molecule has 94 valence electrons. The summed E-state index contributed by atoms with van der Waals surface area (Å²) in [5.74, 6) is 0.927. The van der Waals surface area contributed by atoms with Gasteiger partial charge in [-0.25, -0.2) is 4.98 Å². The van der Waals surface area contributed by atoms with Gasteiger partial charge in [0.15, 0.2) is 0 Å². The Hall–Kier alpha value is -1.13. The number of hydrogen-bond acceptors (Lipinski definition) is 4. The van der Waals surface area contributed by atoms with Crippen molar-refractivity contribution < 1.29 is 5.11 Å². The first-order valence-electron chi connectivity index (χ1n) is 6.05. The third kappa shape index (κ3) is 2.42. The number of pyridine rings is 1. The molecule has 0 radical (unpaired) electrons. The Labute approximate surface area is 103 Å². The van der Waals surface area contributed by atoms with Crippen molar-refractivity contribution in [3.05, 3.63) is 23.9 Å². The van der Waals surface area contributed by atoms with Gasteiger partial charge in [0, 0.05) is 36.9 Å². The Morgan fingerprint density at radius 1 is 1.41 bits per heavy atom. The van der Waals surface area contributed by atoms with Crippen molar-refractivity contribution in [1.29, 1.82) is 0 Å².